The third-order valence-corrected chi connectivity index (χ3v) is 3.16. The monoisotopic (exact) mass is 294 g/mol. The van der Waals surface area contributed by atoms with Crippen molar-refractivity contribution in [1.29, 1.82) is 0 Å². The van der Waals surface area contributed by atoms with Crippen LogP contribution in [-0.2, 0) is 16.0 Å². The summed E-state index contributed by atoms with van der Waals surface area (Å²) in [5.41, 5.74) is 2.85. The van der Waals surface area contributed by atoms with Gasteiger partial charge in [-0.2, -0.15) is 0 Å². The molecule has 19 heavy (non-hydrogen) atoms. The SMILES string of the molecule is COC(=O)Cc1ccc(-c2cc(Cl)cc(Cl)c2)cc1. The van der Waals surface area contributed by atoms with E-state index in [2.05, 4.69) is 4.74 Å². The molecule has 0 saturated heterocycles. The third kappa shape index (κ3) is 3.72. The van der Waals surface area contributed by atoms with Gasteiger partial charge in [-0.25, -0.2) is 0 Å². The number of benzene rings is 2. The van der Waals surface area contributed by atoms with Crippen molar-refractivity contribution in [3.05, 3.63) is 58.1 Å². The van der Waals surface area contributed by atoms with Crippen LogP contribution in [0.25, 0.3) is 11.1 Å². The molecule has 2 rings (SSSR count). The van der Waals surface area contributed by atoms with Crippen LogP contribution in [0.5, 0.6) is 0 Å². The zero-order chi connectivity index (χ0) is 13.8. The molecule has 2 aromatic carbocycles. The van der Waals surface area contributed by atoms with Gasteiger partial charge in [-0.3, -0.25) is 4.79 Å². The molecule has 0 atom stereocenters. The van der Waals surface area contributed by atoms with Crippen LogP contribution in [0.4, 0.5) is 0 Å². The topological polar surface area (TPSA) is 26.3 Å². The molecule has 0 saturated carbocycles. The number of rotatable bonds is 3. The predicted molar refractivity (Wildman–Crippen MR) is 77.6 cm³/mol. The lowest BCUT2D eigenvalue weighted by Gasteiger charge is -2.05. The second kappa shape index (κ2) is 6.09. The van der Waals surface area contributed by atoms with Gasteiger partial charge in [0.1, 0.15) is 0 Å². The van der Waals surface area contributed by atoms with Gasteiger partial charge in [0, 0.05) is 10.0 Å². The van der Waals surface area contributed by atoms with Gasteiger partial charge in [0.05, 0.1) is 13.5 Å². The molecule has 4 heteroatoms. The largest absolute Gasteiger partial charge is 0.469 e. The van der Waals surface area contributed by atoms with Crippen LogP contribution >= 0.6 is 23.2 Å². The van der Waals surface area contributed by atoms with Crippen molar-refractivity contribution in [3.63, 3.8) is 0 Å². The summed E-state index contributed by atoms with van der Waals surface area (Å²) in [6, 6.07) is 13.0. The maximum Gasteiger partial charge on any atom is 0.309 e. The summed E-state index contributed by atoms with van der Waals surface area (Å²) in [6.45, 7) is 0. The molecule has 0 heterocycles. The summed E-state index contributed by atoms with van der Waals surface area (Å²) in [4.78, 5) is 11.2. The standard InChI is InChI=1S/C15H12Cl2O2/c1-19-15(18)6-10-2-4-11(5-3-10)12-7-13(16)9-14(17)8-12/h2-5,7-9H,6H2,1H3. The minimum atomic E-state index is -0.251. The summed E-state index contributed by atoms with van der Waals surface area (Å²) < 4.78 is 4.63. The van der Waals surface area contributed by atoms with Crippen molar-refractivity contribution >= 4 is 29.2 Å². The molecule has 98 valence electrons. The van der Waals surface area contributed by atoms with Crippen LogP contribution in [0.1, 0.15) is 5.56 Å². The zero-order valence-corrected chi connectivity index (χ0v) is 11.8. The number of carbonyl (C=O) groups excluding carboxylic acids is 1. The Bertz CT molecular complexity index is 571. The first-order chi connectivity index (χ1) is 9.08. The Morgan fingerprint density at radius 1 is 1.00 bits per heavy atom. The maximum atomic E-state index is 11.2. The molecule has 2 aromatic rings. The first kappa shape index (κ1) is 13.9. The number of halogens is 2. The van der Waals surface area contributed by atoms with Crippen molar-refractivity contribution in [2.75, 3.05) is 7.11 Å². The molecule has 0 aliphatic carbocycles. The van der Waals surface area contributed by atoms with E-state index >= 15 is 0 Å². The van der Waals surface area contributed by atoms with Crippen LogP contribution in [0, 0.1) is 0 Å². The Balaban J connectivity index is 2.24. The van der Waals surface area contributed by atoms with Gasteiger partial charge < -0.3 is 4.74 Å². The summed E-state index contributed by atoms with van der Waals surface area (Å²) >= 11 is 11.9. The normalized spacial score (nSPS) is 10.3. The Labute approximate surface area is 121 Å². The number of hydrogen-bond donors (Lipinski definition) is 0. The van der Waals surface area contributed by atoms with E-state index in [1.165, 1.54) is 7.11 Å². The average Bonchev–Trinajstić information content (AvgIpc) is 2.38. The fourth-order valence-corrected chi connectivity index (χ4v) is 2.30. The van der Waals surface area contributed by atoms with E-state index in [-0.39, 0.29) is 12.4 Å². The van der Waals surface area contributed by atoms with Gasteiger partial charge in [0.2, 0.25) is 0 Å². The molecule has 0 N–H and O–H groups in total. The summed E-state index contributed by atoms with van der Waals surface area (Å²) in [5.74, 6) is -0.251. The highest BCUT2D eigenvalue weighted by atomic mass is 35.5. The van der Waals surface area contributed by atoms with Crippen molar-refractivity contribution in [2.24, 2.45) is 0 Å². The highest BCUT2D eigenvalue weighted by molar-refractivity contribution is 6.35. The van der Waals surface area contributed by atoms with Gasteiger partial charge in [-0.05, 0) is 34.9 Å². The summed E-state index contributed by atoms with van der Waals surface area (Å²) in [7, 11) is 1.38. The Morgan fingerprint density at radius 2 is 1.58 bits per heavy atom. The second-order valence-corrected chi connectivity index (χ2v) is 4.98. The van der Waals surface area contributed by atoms with E-state index in [9.17, 15) is 4.79 Å². The molecular formula is C15H12Cl2O2. The lowest BCUT2D eigenvalue weighted by molar-refractivity contribution is -0.139. The van der Waals surface area contributed by atoms with Gasteiger partial charge in [0.15, 0.2) is 0 Å². The summed E-state index contributed by atoms with van der Waals surface area (Å²) in [6.07, 6.45) is 0.271. The van der Waals surface area contributed by atoms with E-state index < -0.39 is 0 Å². The lowest BCUT2D eigenvalue weighted by Crippen LogP contribution is -2.04. The van der Waals surface area contributed by atoms with Gasteiger partial charge in [-0.1, -0.05) is 47.5 Å². The van der Waals surface area contributed by atoms with Crippen molar-refractivity contribution in [1.82, 2.24) is 0 Å². The van der Waals surface area contributed by atoms with Gasteiger partial charge >= 0.3 is 5.97 Å². The minimum Gasteiger partial charge on any atom is -0.469 e. The predicted octanol–water partition coefficient (Wildman–Crippen LogP) is 4.38. The molecule has 0 spiro atoms. The number of ether oxygens (including phenoxy) is 1. The first-order valence-electron chi connectivity index (χ1n) is 5.70. The lowest BCUT2D eigenvalue weighted by atomic mass is 10.0. The van der Waals surface area contributed by atoms with Gasteiger partial charge in [0.25, 0.3) is 0 Å². The molecule has 0 amide bonds. The Kier molecular flexibility index (Phi) is 4.46. The maximum absolute atomic E-state index is 11.2. The number of hydrogen-bond acceptors (Lipinski definition) is 2. The minimum absolute atomic E-state index is 0.251. The van der Waals surface area contributed by atoms with Crippen LogP contribution in [0.3, 0.4) is 0 Å². The fourth-order valence-electron chi connectivity index (χ4n) is 1.77. The average molecular weight is 295 g/mol. The summed E-state index contributed by atoms with van der Waals surface area (Å²) in [5, 5.41) is 1.20. The van der Waals surface area contributed by atoms with Crippen LogP contribution in [-0.4, -0.2) is 13.1 Å². The molecule has 0 fully saturated rings. The Hall–Kier alpha value is -1.51. The quantitative estimate of drug-likeness (QED) is 0.786. The van der Waals surface area contributed by atoms with Crippen molar-refractivity contribution in [3.8, 4) is 11.1 Å². The molecule has 2 nitrogen and oxygen atoms in total. The number of esters is 1. The Morgan fingerprint density at radius 3 is 2.11 bits per heavy atom. The molecule has 0 aliphatic rings. The second-order valence-electron chi connectivity index (χ2n) is 4.11. The number of carbonyl (C=O) groups is 1. The molecule has 0 aliphatic heterocycles. The van der Waals surface area contributed by atoms with E-state index in [0.29, 0.717) is 10.0 Å². The molecule has 0 bridgehead atoms. The highest BCUT2D eigenvalue weighted by Crippen LogP contribution is 2.27. The van der Waals surface area contributed by atoms with Gasteiger partial charge in [-0.15, -0.1) is 0 Å². The molecule has 0 unspecified atom stereocenters. The molecule has 0 aromatic heterocycles. The van der Waals surface area contributed by atoms with Crippen molar-refractivity contribution < 1.29 is 9.53 Å². The van der Waals surface area contributed by atoms with Crippen molar-refractivity contribution in [2.45, 2.75) is 6.42 Å². The number of methoxy groups -OCH3 is 1. The zero-order valence-electron chi connectivity index (χ0n) is 10.3. The molecular weight excluding hydrogens is 283 g/mol. The molecule has 0 radical (unpaired) electrons. The third-order valence-electron chi connectivity index (χ3n) is 2.73. The van der Waals surface area contributed by atoms with Crippen LogP contribution in [0.2, 0.25) is 10.0 Å². The first-order valence-corrected chi connectivity index (χ1v) is 6.46. The van der Waals surface area contributed by atoms with E-state index in [0.717, 1.165) is 16.7 Å². The van der Waals surface area contributed by atoms with Crippen LogP contribution in [0.15, 0.2) is 42.5 Å². The smallest absolute Gasteiger partial charge is 0.309 e. The highest BCUT2D eigenvalue weighted by Gasteiger charge is 2.04. The van der Waals surface area contributed by atoms with Crippen LogP contribution < -0.4 is 0 Å². The fraction of sp³-hybridized carbons (Fsp3) is 0.133. The van der Waals surface area contributed by atoms with E-state index in [4.69, 9.17) is 23.2 Å². The van der Waals surface area contributed by atoms with E-state index in [1.54, 1.807) is 6.07 Å². The van der Waals surface area contributed by atoms with E-state index in [1.807, 2.05) is 36.4 Å².